The van der Waals surface area contributed by atoms with Crippen LogP contribution in [-0.2, 0) is 11.3 Å². The Morgan fingerprint density at radius 3 is 2.57 bits per heavy atom. The molecule has 3 aromatic rings. The van der Waals surface area contributed by atoms with Gasteiger partial charge in [0.1, 0.15) is 18.2 Å². The fourth-order valence-electron chi connectivity index (χ4n) is 3.95. The van der Waals surface area contributed by atoms with Crippen LogP contribution in [0.4, 0.5) is 25.5 Å². The monoisotopic (exact) mass is 507 g/mol. The maximum absolute atomic E-state index is 14.7. The van der Waals surface area contributed by atoms with Gasteiger partial charge in [-0.2, -0.15) is 0 Å². The molecule has 2 heterocycles. The second-order valence-corrected chi connectivity index (χ2v) is 8.89. The summed E-state index contributed by atoms with van der Waals surface area (Å²) in [5, 5.41) is 5.27. The topological polar surface area (TPSA) is 96.0 Å². The normalized spacial score (nSPS) is 14.0. The lowest BCUT2D eigenvalue weighted by Gasteiger charge is -2.34. The van der Waals surface area contributed by atoms with Gasteiger partial charge in [0, 0.05) is 37.1 Å². The zero-order valence-electron chi connectivity index (χ0n) is 20.8. The third kappa shape index (κ3) is 7.40. The van der Waals surface area contributed by atoms with Crippen molar-refractivity contribution >= 4 is 23.6 Å². The molecular formula is C27H30FN5O4. The molecule has 1 aromatic heterocycles. The number of likely N-dealkylation sites (tertiary alicyclic amines) is 1. The van der Waals surface area contributed by atoms with Crippen LogP contribution in [0, 0.1) is 5.82 Å². The van der Waals surface area contributed by atoms with E-state index in [1.165, 1.54) is 24.4 Å². The number of amides is 3. The fourth-order valence-corrected chi connectivity index (χ4v) is 3.95. The molecule has 0 bridgehead atoms. The van der Waals surface area contributed by atoms with Crippen LogP contribution < -0.4 is 15.4 Å². The van der Waals surface area contributed by atoms with Crippen molar-refractivity contribution in [2.75, 3.05) is 37.8 Å². The molecule has 37 heavy (non-hydrogen) atoms. The third-order valence-corrected chi connectivity index (χ3v) is 6.14. The van der Waals surface area contributed by atoms with Crippen molar-refractivity contribution in [2.45, 2.75) is 25.5 Å². The van der Waals surface area contributed by atoms with Crippen molar-refractivity contribution in [3.05, 3.63) is 78.2 Å². The minimum Gasteiger partial charge on any atom is -0.454 e. The van der Waals surface area contributed by atoms with Crippen molar-refractivity contribution in [3.63, 3.8) is 0 Å². The van der Waals surface area contributed by atoms with Crippen molar-refractivity contribution in [2.24, 2.45) is 0 Å². The van der Waals surface area contributed by atoms with Gasteiger partial charge < -0.3 is 19.3 Å². The molecule has 0 spiro atoms. The van der Waals surface area contributed by atoms with E-state index in [0.29, 0.717) is 11.6 Å². The first-order valence-corrected chi connectivity index (χ1v) is 12.0. The summed E-state index contributed by atoms with van der Waals surface area (Å²) in [4.78, 5) is 32.8. The second kappa shape index (κ2) is 12.2. The van der Waals surface area contributed by atoms with Gasteiger partial charge in [-0.25, -0.2) is 19.0 Å². The SMILES string of the molecule is CN1CCC(N(C)C(=O)Nc2cc(Oc3ccc(NC(=O)OCc4ccccc4)cc3F)ccn2)CC1. The van der Waals surface area contributed by atoms with Crippen LogP contribution in [0.2, 0.25) is 0 Å². The first-order chi connectivity index (χ1) is 17.9. The van der Waals surface area contributed by atoms with Crippen LogP contribution in [0.1, 0.15) is 18.4 Å². The Balaban J connectivity index is 1.31. The van der Waals surface area contributed by atoms with Crippen LogP contribution in [0.5, 0.6) is 11.5 Å². The summed E-state index contributed by atoms with van der Waals surface area (Å²) < 4.78 is 25.5. The zero-order chi connectivity index (χ0) is 26.2. The first-order valence-electron chi connectivity index (χ1n) is 12.0. The lowest BCUT2D eigenvalue weighted by Crippen LogP contribution is -2.46. The number of nitrogens with one attached hydrogen (secondary N) is 2. The van der Waals surface area contributed by atoms with Crippen LogP contribution in [0.3, 0.4) is 0 Å². The molecule has 2 aromatic carbocycles. The molecule has 0 saturated carbocycles. The molecule has 4 rings (SSSR count). The van der Waals surface area contributed by atoms with Gasteiger partial charge in [-0.1, -0.05) is 30.3 Å². The number of carbonyl (C=O) groups is 2. The smallest absolute Gasteiger partial charge is 0.411 e. The number of carbonyl (C=O) groups excluding carboxylic acids is 2. The van der Waals surface area contributed by atoms with Crippen molar-refractivity contribution in [1.29, 1.82) is 0 Å². The Hall–Kier alpha value is -4.18. The van der Waals surface area contributed by atoms with Gasteiger partial charge in [0.25, 0.3) is 0 Å². The molecule has 1 aliphatic rings. The lowest BCUT2D eigenvalue weighted by atomic mass is 10.0. The third-order valence-electron chi connectivity index (χ3n) is 6.14. The Kier molecular flexibility index (Phi) is 8.52. The number of ether oxygens (including phenoxy) is 2. The number of rotatable bonds is 7. The molecule has 9 nitrogen and oxygen atoms in total. The number of piperidine rings is 1. The Morgan fingerprint density at radius 2 is 1.84 bits per heavy atom. The molecule has 194 valence electrons. The maximum Gasteiger partial charge on any atom is 0.411 e. The summed E-state index contributed by atoms with van der Waals surface area (Å²) in [5.74, 6) is -0.128. The Bertz CT molecular complexity index is 1220. The molecule has 0 aliphatic carbocycles. The van der Waals surface area contributed by atoms with E-state index in [2.05, 4.69) is 27.6 Å². The standard InChI is InChI=1S/C27H30FN5O4/c1-32-14-11-21(12-15-32)33(2)26(34)31-25-17-22(10-13-29-25)37-24-9-8-20(16-23(24)28)30-27(35)36-18-19-6-4-3-5-7-19/h3-10,13,16-17,21H,11-12,14-15,18H2,1-2H3,(H,30,35)(H,29,31,34). The zero-order valence-corrected chi connectivity index (χ0v) is 20.8. The first kappa shape index (κ1) is 25.9. The average Bonchev–Trinajstić information content (AvgIpc) is 2.90. The van der Waals surface area contributed by atoms with Gasteiger partial charge in [0.05, 0.1) is 0 Å². The van der Waals surface area contributed by atoms with E-state index in [1.807, 2.05) is 30.3 Å². The van der Waals surface area contributed by atoms with Gasteiger partial charge in [-0.3, -0.25) is 10.6 Å². The fraction of sp³-hybridized carbons (Fsp3) is 0.296. The van der Waals surface area contributed by atoms with Crippen LogP contribution >= 0.6 is 0 Å². The van der Waals surface area contributed by atoms with E-state index in [9.17, 15) is 14.0 Å². The maximum atomic E-state index is 14.7. The number of pyridine rings is 1. The molecule has 1 aliphatic heterocycles. The molecule has 1 saturated heterocycles. The Morgan fingerprint density at radius 1 is 1.08 bits per heavy atom. The summed E-state index contributed by atoms with van der Waals surface area (Å²) in [6, 6.07) is 16.2. The van der Waals surface area contributed by atoms with E-state index in [4.69, 9.17) is 9.47 Å². The second-order valence-electron chi connectivity index (χ2n) is 8.89. The number of benzene rings is 2. The predicted octanol–water partition coefficient (Wildman–Crippen LogP) is 5.32. The molecule has 3 amide bonds. The highest BCUT2D eigenvalue weighted by molar-refractivity contribution is 5.88. The van der Waals surface area contributed by atoms with E-state index in [1.54, 1.807) is 18.0 Å². The van der Waals surface area contributed by atoms with Crippen LogP contribution in [0.25, 0.3) is 0 Å². The molecule has 0 unspecified atom stereocenters. The number of urea groups is 1. The number of nitrogens with zero attached hydrogens (tertiary/aromatic N) is 3. The number of hydrogen-bond donors (Lipinski definition) is 2. The number of halogens is 1. The van der Waals surface area contributed by atoms with Gasteiger partial charge >= 0.3 is 12.1 Å². The summed E-state index contributed by atoms with van der Waals surface area (Å²) in [6.07, 6.45) is 2.59. The van der Waals surface area contributed by atoms with Crippen molar-refractivity contribution < 1.29 is 23.5 Å². The van der Waals surface area contributed by atoms with Gasteiger partial charge in [0.15, 0.2) is 11.6 Å². The highest BCUT2D eigenvalue weighted by Crippen LogP contribution is 2.28. The van der Waals surface area contributed by atoms with E-state index in [-0.39, 0.29) is 30.1 Å². The molecule has 10 heteroatoms. The lowest BCUT2D eigenvalue weighted by molar-refractivity contribution is 0.155. The Labute approximate surface area is 215 Å². The van der Waals surface area contributed by atoms with Gasteiger partial charge in [0.2, 0.25) is 0 Å². The molecule has 0 radical (unpaired) electrons. The van der Waals surface area contributed by atoms with Crippen LogP contribution in [0.15, 0.2) is 66.9 Å². The molecule has 0 atom stereocenters. The van der Waals surface area contributed by atoms with E-state index < -0.39 is 11.9 Å². The van der Waals surface area contributed by atoms with Gasteiger partial charge in [-0.05, 0) is 56.7 Å². The minimum absolute atomic E-state index is 0.0462. The van der Waals surface area contributed by atoms with E-state index >= 15 is 0 Å². The average molecular weight is 508 g/mol. The number of anilines is 2. The minimum atomic E-state index is -0.698. The van der Waals surface area contributed by atoms with Crippen molar-refractivity contribution in [3.8, 4) is 11.5 Å². The predicted molar refractivity (Wildman–Crippen MR) is 138 cm³/mol. The summed E-state index contributed by atoms with van der Waals surface area (Å²) >= 11 is 0. The summed E-state index contributed by atoms with van der Waals surface area (Å²) in [5.41, 5.74) is 1.07. The van der Waals surface area contributed by atoms with Crippen molar-refractivity contribution in [1.82, 2.24) is 14.8 Å². The highest BCUT2D eigenvalue weighted by atomic mass is 19.1. The molecule has 1 fully saturated rings. The highest BCUT2D eigenvalue weighted by Gasteiger charge is 2.24. The number of hydrogen-bond acceptors (Lipinski definition) is 6. The quantitative estimate of drug-likeness (QED) is 0.449. The molecular weight excluding hydrogens is 477 g/mol. The van der Waals surface area contributed by atoms with Crippen LogP contribution in [-0.4, -0.2) is 60.1 Å². The largest absolute Gasteiger partial charge is 0.454 e. The van der Waals surface area contributed by atoms with E-state index in [0.717, 1.165) is 37.6 Å². The van der Waals surface area contributed by atoms with Gasteiger partial charge in [-0.15, -0.1) is 0 Å². The molecule has 2 N–H and O–H groups in total. The summed E-state index contributed by atoms with van der Waals surface area (Å²) in [6.45, 7) is 1.99. The number of aromatic nitrogens is 1. The summed E-state index contributed by atoms with van der Waals surface area (Å²) in [7, 11) is 3.84.